The lowest BCUT2D eigenvalue weighted by molar-refractivity contribution is 1.31. The fraction of sp³-hybridized carbons (Fsp3) is 0. The summed E-state index contributed by atoms with van der Waals surface area (Å²) < 4.78 is 2.31. The van der Waals surface area contributed by atoms with Crippen molar-refractivity contribution < 1.29 is 0 Å². The SMILES string of the molecule is S=P(c1ccccc1)(c1ccc2ccccc2c1)c1ccc2ccc(-c3ccc4c5ccccc5n5c6ccccc6nc5c4c3)cc2c1. The second kappa shape index (κ2) is 11.0. The molecule has 0 saturated carbocycles. The summed E-state index contributed by atoms with van der Waals surface area (Å²) >= 11 is 6.82. The molecule has 4 heteroatoms. The molecule has 0 fully saturated rings. The molecule has 2 aromatic heterocycles. The number of hydrogen-bond acceptors (Lipinski definition) is 2. The number of para-hydroxylation sites is 3. The first kappa shape index (κ1) is 28.4. The van der Waals surface area contributed by atoms with Crippen LogP contribution >= 0.6 is 6.04 Å². The van der Waals surface area contributed by atoms with Crippen LogP contribution in [0.15, 0.2) is 176 Å². The van der Waals surface area contributed by atoms with E-state index in [4.69, 9.17) is 16.8 Å². The number of rotatable bonds is 4. The highest BCUT2D eigenvalue weighted by molar-refractivity contribution is 8.25. The average Bonchev–Trinajstić information content (AvgIpc) is 3.57. The summed E-state index contributed by atoms with van der Waals surface area (Å²) in [6, 6.07) is 61.2. The van der Waals surface area contributed by atoms with Gasteiger partial charge in [-0.15, -0.1) is 0 Å². The van der Waals surface area contributed by atoms with E-state index >= 15 is 0 Å². The van der Waals surface area contributed by atoms with Gasteiger partial charge in [-0.25, -0.2) is 4.98 Å². The van der Waals surface area contributed by atoms with Crippen LogP contribution in [0.2, 0.25) is 0 Å². The lowest BCUT2D eigenvalue weighted by Crippen LogP contribution is -2.24. The molecule has 8 aromatic carbocycles. The number of hydrogen-bond donors (Lipinski definition) is 0. The van der Waals surface area contributed by atoms with Crippen LogP contribution in [0.3, 0.4) is 0 Å². The van der Waals surface area contributed by atoms with Crippen molar-refractivity contribution in [1.29, 1.82) is 0 Å². The van der Waals surface area contributed by atoms with Crippen molar-refractivity contribution in [3.05, 3.63) is 176 Å². The van der Waals surface area contributed by atoms with Crippen LogP contribution in [0.1, 0.15) is 0 Å². The smallest absolute Gasteiger partial charge is 0.146 e. The highest BCUT2D eigenvalue weighted by atomic mass is 32.4. The third kappa shape index (κ3) is 4.40. The predicted molar refractivity (Wildman–Crippen MR) is 214 cm³/mol. The fourth-order valence-electron chi connectivity index (χ4n) is 7.56. The van der Waals surface area contributed by atoms with Crippen molar-refractivity contribution in [2.24, 2.45) is 0 Å². The Bertz CT molecular complexity index is 2980. The van der Waals surface area contributed by atoms with Crippen LogP contribution < -0.4 is 15.9 Å². The maximum atomic E-state index is 6.82. The summed E-state index contributed by atoms with van der Waals surface area (Å²) in [5.41, 5.74) is 6.63. The molecule has 0 aliphatic carbocycles. The summed E-state index contributed by atoms with van der Waals surface area (Å²) in [6.45, 7) is 0. The average molecular weight is 661 g/mol. The van der Waals surface area contributed by atoms with Crippen LogP contribution in [0.4, 0.5) is 0 Å². The summed E-state index contributed by atoms with van der Waals surface area (Å²) in [7, 11) is 0. The van der Waals surface area contributed by atoms with Gasteiger partial charge in [0.25, 0.3) is 0 Å². The van der Waals surface area contributed by atoms with E-state index in [0.717, 1.165) is 22.1 Å². The molecule has 10 aromatic rings. The molecule has 0 aliphatic rings. The summed E-state index contributed by atoms with van der Waals surface area (Å²) in [6.07, 6.45) is 0. The minimum Gasteiger partial charge on any atom is -0.292 e. The van der Waals surface area contributed by atoms with Crippen molar-refractivity contribution in [2.75, 3.05) is 0 Å². The van der Waals surface area contributed by atoms with Gasteiger partial charge >= 0.3 is 0 Å². The molecule has 0 aliphatic heterocycles. The molecule has 230 valence electrons. The molecule has 1 atom stereocenters. The van der Waals surface area contributed by atoms with E-state index in [1.807, 2.05) is 0 Å². The largest absolute Gasteiger partial charge is 0.292 e. The van der Waals surface area contributed by atoms with Gasteiger partial charge in [0.1, 0.15) is 5.65 Å². The first-order chi connectivity index (χ1) is 24.1. The van der Waals surface area contributed by atoms with Crippen molar-refractivity contribution in [3.63, 3.8) is 0 Å². The van der Waals surface area contributed by atoms with Gasteiger partial charge in [-0.3, -0.25) is 4.40 Å². The number of benzene rings is 8. The first-order valence-electron chi connectivity index (χ1n) is 16.6. The number of imidazole rings is 1. The number of aromatic nitrogens is 2. The maximum absolute atomic E-state index is 6.82. The number of fused-ring (bicyclic) bond motifs is 10. The Morgan fingerprint density at radius 2 is 1.02 bits per heavy atom. The Morgan fingerprint density at radius 3 is 1.86 bits per heavy atom. The Hall–Kier alpha value is -5.60. The van der Waals surface area contributed by atoms with E-state index in [0.29, 0.717) is 0 Å². The third-order valence-corrected chi connectivity index (χ3v) is 14.9. The molecule has 0 N–H and O–H groups in total. The van der Waals surface area contributed by atoms with E-state index in [1.54, 1.807) is 0 Å². The third-order valence-electron chi connectivity index (χ3n) is 9.99. The molecular weight excluding hydrogens is 632 g/mol. The van der Waals surface area contributed by atoms with Crippen LogP contribution in [0.5, 0.6) is 0 Å². The normalized spacial score (nSPS) is 13.1. The van der Waals surface area contributed by atoms with Crippen LogP contribution in [0, 0.1) is 0 Å². The quantitative estimate of drug-likeness (QED) is 0.138. The Balaban J connectivity index is 1.16. The molecule has 0 bridgehead atoms. The molecule has 2 nitrogen and oxygen atoms in total. The van der Waals surface area contributed by atoms with Gasteiger partial charge in [0, 0.05) is 16.8 Å². The van der Waals surface area contributed by atoms with Crippen molar-refractivity contribution >= 4 is 93.7 Å². The summed E-state index contributed by atoms with van der Waals surface area (Å²) in [4.78, 5) is 5.15. The molecule has 0 radical (unpaired) electrons. The minimum absolute atomic E-state index is 0.985. The van der Waals surface area contributed by atoms with Gasteiger partial charge in [0.15, 0.2) is 0 Å². The molecule has 49 heavy (non-hydrogen) atoms. The summed E-state index contributed by atoms with van der Waals surface area (Å²) in [5.74, 6) is 0. The first-order valence-corrected chi connectivity index (χ1v) is 19.4. The van der Waals surface area contributed by atoms with Gasteiger partial charge in [-0.05, 0) is 96.4 Å². The van der Waals surface area contributed by atoms with Crippen LogP contribution in [0.25, 0.3) is 71.0 Å². The number of pyridine rings is 1. The van der Waals surface area contributed by atoms with Gasteiger partial charge in [-0.2, -0.15) is 0 Å². The van der Waals surface area contributed by atoms with E-state index in [-0.39, 0.29) is 0 Å². The number of nitrogens with zero attached hydrogens (tertiary/aromatic N) is 2. The fourth-order valence-corrected chi connectivity index (χ4v) is 11.3. The molecular formula is C45H29N2PS. The van der Waals surface area contributed by atoms with Crippen molar-refractivity contribution in [2.45, 2.75) is 0 Å². The van der Waals surface area contributed by atoms with Gasteiger partial charge in [-0.1, -0.05) is 145 Å². The van der Waals surface area contributed by atoms with Crippen LogP contribution in [-0.4, -0.2) is 9.38 Å². The lowest BCUT2D eigenvalue weighted by atomic mass is 9.97. The Kier molecular flexibility index (Phi) is 6.36. The van der Waals surface area contributed by atoms with Gasteiger partial charge in [0.05, 0.1) is 16.6 Å². The molecule has 0 saturated heterocycles. The van der Waals surface area contributed by atoms with E-state index in [9.17, 15) is 0 Å². The molecule has 0 spiro atoms. The molecule has 0 amide bonds. The van der Waals surface area contributed by atoms with E-state index in [1.165, 1.54) is 64.9 Å². The Morgan fingerprint density at radius 1 is 0.408 bits per heavy atom. The standard InChI is InChI=1S/C45H29N2PS/c49-48(36-12-2-1-3-13-36,37-23-20-30-10-4-5-11-32(30)27-37)38-24-21-31-18-19-33(26-35(31)28-38)34-22-25-39-40-14-6-8-16-43(40)47-44-17-9-7-15-42(44)46-45(47)41(39)29-34/h1-29H. The van der Waals surface area contributed by atoms with Crippen LogP contribution in [-0.2, 0) is 11.8 Å². The highest BCUT2D eigenvalue weighted by Gasteiger charge is 2.25. The second-order valence-electron chi connectivity index (χ2n) is 12.8. The van der Waals surface area contributed by atoms with Crippen molar-refractivity contribution in [1.82, 2.24) is 9.38 Å². The Labute approximate surface area is 288 Å². The lowest BCUT2D eigenvalue weighted by Gasteiger charge is -2.25. The van der Waals surface area contributed by atoms with E-state index < -0.39 is 6.04 Å². The molecule has 10 rings (SSSR count). The van der Waals surface area contributed by atoms with E-state index in [2.05, 4.69) is 180 Å². The topological polar surface area (TPSA) is 17.3 Å². The zero-order valence-electron chi connectivity index (χ0n) is 26.5. The molecule has 2 heterocycles. The highest BCUT2D eigenvalue weighted by Crippen LogP contribution is 2.44. The maximum Gasteiger partial charge on any atom is 0.146 e. The molecule has 1 unspecified atom stereocenters. The van der Waals surface area contributed by atoms with Gasteiger partial charge < -0.3 is 0 Å². The van der Waals surface area contributed by atoms with Crippen molar-refractivity contribution in [3.8, 4) is 11.1 Å². The minimum atomic E-state index is -2.35. The monoisotopic (exact) mass is 660 g/mol. The predicted octanol–water partition coefficient (Wildman–Crippen LogP) is 10.5. The van der Waals surface area contributed by atoms with Gasteiger partial charge in [0.2, 0.25) is 0 Å². The zero-order chi connectivity index (χ0) is 32.5. The second-order valence-corrected chi connectivity index (χ2v) is 17.2. The summed E-state index contributed by atoms with van der Waals surface area (Å²) in [5, 5.41) is 12.0. The zero-order valence-corrected chi connectivity index (χ0v) is 28.2.